The van der Waals surface area contributed by atoms with Crippen LogP contribution >= 0.6 is 11.3 Å². The number of carbonyl (C=O) groups is 3. The van der Waals surface area contributed by atoms with Gasteiger partial charge in [0.2, 0.25) is 17.7 Å². The first-order valence-electron chi connectivity index (χ1n) is 10.4. The first-order valence-corrected chi connectivity index (χ1v) is 11.2. The molecule has 2 heterocycles. The summed E-state index contributed by atoms with van der Waals surface area (Å²) in [6.07, 6.45) is 3.55. The maximum Gasteiger partial charge on any atom is 0.240 e. The molecule has 3 rings (SSSR count). The number of rotatable bonds is 9. The molecule has 2 N–H and O–H groups in total. The number of benzene rings is 1. The summed E-state index contributed by atoms with van der Waals surface area (Å²) in [7, 11) is 0. The summed E-state index contributed by atoms with van der Waals surface area (Å²) in [5, 5.41) is 7.79. The molecule has 9 heteroatoms. The molecule has 166 valence electrons. The number of amides is 3. The van der Waals surface area contributed by atoms with E-state index >= 15 is 0 Å². The minimum absolute atomic E-state index is 0.0107. The highest BCUT2D eigenvalue weighted by atomic mass is 32.1. The van der Waals surface area contributed by atoms with Gasteiger partial charge in [-0.1, -0.05) is 6.07 Å². The second-order valence-corrected chi connectivity index (χ2v) is 8.54. The molecule has 0 bridgehead atoms. The lowest BCUT2D eigenvalue weighted by Gasteiger charge is -2.24. The number of aromatic nitrogens is 1. The fourth-order valence-corrected chi connectivity index (χ4v) is 4.03. The number of hydrogen-bond donors (Lipinski definition) is 2. The normalized spacial score (nSPS) is 15.5. The number of thiazole rings is 1. The Morgan fingerprint density at radius 1 is 1.16 bits per heavy atom. The number of carbonyl (C=O) groups excluding carboxylic acids is 3. The summed E-state index contributed by atoms with van der Waals surface area (Å²) in [5.74, 6) is -0.826. The van der Waals surface area contributed by atoms with Gasteiger partial charge < -0.3 is 20.3 Å². The van der Waals surface area contributed by atoms with Gasteiger partial charge in [-0.05, 0) is 49.9 Å². The van der Waals surface area contributed by atoms with E-state index in [0.29, 0.717) is 17.4 Å². The second-order valence-electron chi connectivity index (χ2n) is 7.65. The first-order chi connectivity index (χ1) is 14.9. The maximum atomic E-state index is 13.0. The minimum Gasteiger partial charge on any atom is -0.376 e. The molecule has 0 spiro atoms. The van der Waals surface area contributed by atoms with Gasteiger partial charge in [0.15, 0.2) is 5.13 Å². The zero-order chi connectivity index (χ0) is 22.2. The summed E-state index contributed by atoms with van der Waals surface area (Å²) >= 11 is 1.31. The van der Waals surface area contributed by atoms with E-state index in [1.54, 1.807) is 11.6 Å². The third kappa shape index (κ3) is 7.15. The van der Waals surface area contributed by atoms with Gasteiger partial charge in [-0.25, -0.2) is 4.98 Å². The van der Waals surface area contributed by atoms with Gasteiger partial charge in [0, 0.05) is 43.3 Å². The molecule has 1 aromatic carbocycles. The van der Waals surface area contributed by atoms with Gasteiger partial charge in [-0.2, -0.15) is 0 Å². The largest absolute Gasteiger partial charge is 0.376 e. The highest BCUT2D eigenvalue weighted by molar-refractivity contribution is 7.13. The van der Waals surface area contributed by atoms with E-state index in [1.165, 1.54) is 16.2 Å². The van der Waals surface area contributed by atoms with Crippen LogP contribution in [0.5, 0.6) is 0 Å². The standard InChI is InChI=1S/C22H28N4O4S/c1-15-10-16(2)12-17(11-15)26(14-20(28)24-13-18-4-3-8-30-18)21(29)6-5-19(27)25-22-23-7-9-31-22/h7,9-12,18H,3-6,8,13-14H2,1-2H3,(H,24,28)(H,23,25,27)/t18-/m1/s1. The van der Waals surface area contributed by atoms with E-state index in [9.17, 15) is 14.4 Å². The topological polar surface area (TPSA) is 101 Å². The van der Waals surface area contributed by atoms with Crippen LogP contribution < -0.4 is 15.5 Å². The van der Waals surface area contributed by atoms with Crippen molar-refractivity contribution in [2.75, 3.05) is 29.9 Å². The highest BCUT2D eigenvalue weighted by Crippen LogP contribution is 2.20. The van der Waals surface area contributed by atoms with Crippen LogP contribution in [0.4, 0.5) is 10.8 Å². The quantitative estimate of drug-likeness (QED) is 0.619. The lowest BCUT2D eigenvalue weighted by atomic mass is 10.1. The number of nitrogens with zero attached hydrogens (tertiary/aromatic N) is 2. The zero-order valence-corrected chi connectivity index (χ0v) is 18.7. The van der Waals surface area contributed by atoms with Gasteiger partial charge in [-0.3, -0.25) is 14.4 Å². The monoisotopic (exact) mass is 444 g/mol. The smallest absolute Gasteiger partial charge is 0.240 e. The van der Waals surface area contributed by atoms with Crippen molar-refractivity contribution in [1.29, 1.82) is 0 Å². The number of nitrogens with one attached hydrogen (secondary N) is 2. The van der Waals surface area contributed by atoms with Crippen LogP contribution in [0.1, 0.15) is 36.8 Å². The van der Waals surface area contributed by atoms with Crippen LogP contribution in [-0.4, -0.2) is 48.5 Å². The van der Waals surface area contributed by atoms with E-state index in [1.807, 2.05) is 32.0 Å². The Balaban J connectivity index is 1.63. The Bertz CT molecular complexity index is 890. The predicted molar refractivity (Wildman–Crippen MR) is 120 cm³/mol. The van der Waals surface area contributed by atoms with Crippen molar-refractivity contribution < 1.29 is 19.1 Å². The van der Waals surface area contributed by atoms with Crippen LogP contribution in [0.15, 0.2) is 29.8 Å². The van der Waals surface area contributed by atoms with Gasteiger partial charge in [0.05, 0.1) is 6.10 Å². The third-order valence-corrected chi connectivity index (χ3v) is 5.60. The van der Waals surface area contributed by atoms with Crippen molar-refractivity contribution >= 4 is 39.9 Å². The molecule has 1 aliphatic heterocycles. The Hall–Kier alpha value is -2.78. The number of ether oxygens (including phenoxy) is 1. The van der Waals surface area contributed by atoms with Crippen molar-refractivity contribution in [2.24, 2.45) is 0 Å². The Kier molecular flexibility index (Phi) is 8.13. The molecule has 1 atom stereocenters. The summed E-state index contributed by atoms with van der Waals surface area (Å²) in [5.41, 5.74) is 2.64. The van der Waals surface area contributed by atoms with Crippen LogP contribution in [0.25, 0.3) is 0 Å². The molecular formula is C22H28N4O4S. The minimum atomic E-state index is -0.286. The molecule has 0 unspecified atom stereocenters. The molecule has 0 aliphatic carbocycles. The first kappa shape index (κ1) is 22.9. The van der Waals surface area contributed by atoms with Gasteiger partial charge >= 0.3 is 0 Å². The molecule has 1 saturated heterocycles. The number of anilines is 2. The van der Waals surface area contributed by atoms with Gasteiger partial charge in [-0.15, -0.1) is 11.3 Å². The van der Waals surface area contributed by atoms with Gasteiger partial charge in [0.1, 0.15) is 6.54 Å². The zero-order valence-electron chi connectivity index (χ0n) is 17.8. The Labute approximate surface area is 186 Å². The van der Waals surface area contributed by atoms with E-state index in [2.05, 4.69) is 15.6 Å². The van der Waals surface area contributed by atoms with Crippen LogP contribution in [0, 0.1) is 13.8 Å². The van der Waals surface area contributed by atoms with E-state index < -0.39 is 0 Å². The van der Waals surface area contributed by atoms with Crippen molar-refractivity contribution in [3.05, 3.63) is 40.9 Å². The Morgan fingerprint density at radius 2 is 1.94 bits per heavy atom. The average Bonchev–Trinajstić information content (AvgIpc) is 3.42. The molecular weight excluding hydrogens is 416 g/mol. The summed E-state index contributed by atoms with van der Waals surface area (Å²) < 4.78 is 5.54. The molecule has 1 aliphatic rings. The van der Waals surface area contributed by atoms with E-state index in [-0.39, 0.29) is 43.2 Å². The maximum absolute atomic E-state index is 13.0. The molecule has 1 fully saturated rings. The van der Waals surface area contributed by atoms with Crippen LogP contribution in [0.3, 0.4) is 0 Å². The predicted octanol–water partition coefficient (Wildman–Crippen LogP) is 2.81. The van der Waals surface area contributed by atoms with Crippen molar-refractivity contribution in [1.82, 2.24) is 10.3 Å². The van der Waals surface area contributed by atoms with Crippen molar-refractivity contribution in [2.45, 2.75) is 45.6 Å². The molecule has 0 saturated carbocycles. The SMILES string of the molecule is Cc1cc(C)cc(N(CC(=O)NC[C@H]2CCCO2)C(=O)CCC(=O)Nc2nccs2)c1. The second kappa shape index (κ2) is 11.0. The molecule has 8 nitrogen and oxygen atoms in total. The molecule has 1 aromatic heterocycles. The fourth-order valence-electron chi connectivity index (χ4n) is 3.48. The summed E-state index contributed by atoms with van der Waals surface area (Å²) in [6, 6.07) is 5.74. The van der Waals surface area contributed by atoms with Crippen LogP contribution in [0.2, 0.25) is 0 Å². The number of hydrogen-bond acceptors (Lipinski definition) is 6. The molecule has 3 amide bonds. The van der Waals surface area contributed by atoms with Crippen molar-refractivity contribution in [3.8, 4) is 0 Å². The van der Waals surface area contributed by atoms with Crippen molar-refractivity contribution in [3.63, 3.8) is 0 Å². The van der Waals surface area contributed by atoms with E-state index in [4.69, 9.17) is 4.74 Å². The highest BCUT2D eigenvalue weighted by Gasteiger charge is 2.22. The summed E-state index contributed by atoms with van der Waals surface area (Å²) in [6.45, 7) is 4.93. The summed E-state index contributed by atoms with van der Waals surface area (Å²) in [4.78, 5) is 43.2. The molecule has 31 heavy (non-hydrogen) atoms. The Morgan fingerprint density at radius 3 is 2.58 bits per heavy atom. The van der Waals surface area contributed by atoms with Gasteiger partial charge in [0.25, 0.3) is 0 Å². The molecule has 2 aromatic rings. The average molecular weight is 445 g/mol. The van der Waals surface area contributed by atoms with Crippen LogP contribution in [-0.2, 0) is 19.1 Å². The fraction of sp³-hybridized carbons (Fsp3) is 0.455. The number of aryl methyl sites for hydroxylation is 2. The third-order valence-electron chi connectivity index (χ3n) is 4.92. The lowest BCUT2D eigenvalue weighted by Crippen LogP contribution is -2.43. The molecule has 0 radical (unpaired) electrons. The lowest BCUT2D eigenvalue weighted by molar-refractivity contribution is -0.125. The van der Waals surface area contributed by atoms with E-state index in [0.717, 1.165) is 30.6 Å².